The molecule has 2 amide bonds. The van der Waals surface area contributed by atoms with Gasteiger partial charge in [-0.3, -0.25) is 9.59 Å². The molecule has 2 atom stereocenters. The number of likely N-dealkylation sites (N-methyl/N-ethyl adjacent to an activating group) is 1. The summed E-state index contributed by atoms with van der Waals surface area (Å²) in [6, 6.07) is 8.83. The van der Waals surface area contributed by atoms with Gasteiger partial charge in [0.1, 0.15) is 0 Å². The summed E-state index contributed by atoms with van der Waals surface area (Å²) in [5, 5.41) is 12.8. The normalized spacial score (nSPS) is 21.9. The Morgan fingerprint density at radius 2 is 1.97 bits per heavy atom. The third kappa shape index (κ3) is 4.54. The zero-order valence-electron chi connectivity index (χ0n) is 16.9. The van der Waals surface area contributed by atoms with E-state index >= 15 is 0 Å². The molecule has 0 spiro atoms. The minimum atomic E-state index is -0.306. The number of carbonyl (C=O) groups excluding carboxylic acids is 2. The number of carbonyl (C=O) groups is 2. The third-order valence-corrected chi connectivity index (χ3v) is 7.23. The largest absolute Gasteiger partial charge is 0.394 e. The molecule has 0 aliphatic carbocycles. The molecule has 2 aliphatic heterocycles. The first-order valence-corrected chi connectivity index (χ1v) is 11.4. The second-order valence-electron chi connectivity index (χ2n) is 8.09. The topological polar surface area (TPSA) is 72.9 Å². The number of amides is 2. The second kappa shape index (κ2) is 9.06. The average molecular weight is 448 g/mol. The molecule has 1 aromatic heterocycles. The number of benzene rings is 1. The van der Waals surface area contributed by atoms with Gasteiger partial charge in [-0.2, -0.15) is 0 Å². The van der Waals surface area contributed by atoms with Crippen LogP contribution in [0.4, 0.5) is 0 Å². The van der Waals surface area contributed by atoms with E-state index in [0.717, 1.165) is 25.9 Å². The molecular weight excluding hydrogens is 422 g/mol. The Morgan fingerprint density at radius 3 is 2.67 bits per heavy atom. The fourth-order valence-electron chi connectivity index (χ4n) is 4.27. The van der Waals surface area contributed by atoms with Crippen molar-refractivity contribution in [3.8, 4) is 0 Å². The van der Waals surface area contributed by atoms with Gasteiger partial charge in [-0.25, -0.2) is 0 Å². The molecule has 3 heterocycles. The van der Waals surface area contributed by atoms with E-state index in [4.69, 9.17) is 11.6 Å². The molecule has 4 rings (SSSR count). The number of nitrogens with zero attached hydrogens (tertiary/aromatic N) is 2. The van der Waals surface area contributed by atoms with Gasteiger partial charge in [-0.05, 0) is 61.7 Å². The summed E-state index contributed by atoms with van der Waals surface area (Å²) in [7, 11) is 2.12. The summed E-state index contributed by atoms with van der Waals surface area (Å²) >= 11 is 7.14. The molecule has 6 nitrogen and oxygen atoms in total. The van der Waals surface area contributed by atoms with E-state index in [-0.39, 0.29) is 30.5 Å². The highest BCUT2D eigenvalue weighted by molar-refractivity contribution is 7.18. The van der Waals surface area contributed by atoms with Crippen molar-refractivity contribution in [1.82, 2.24) is 15.1 Å². The van der Waals surface area contributed by atoms with Crippen LogP contribution >= 0.6 is 22.9 Å². The van der Waals surface area contributed by atoms with Gasteiger partial charge in [-0.1, -0.05) is 17.7 Å². The number of halogens is 1. The molecule has 160 valence electrons. The Bertz CT molecular complexity index is 947. The maximum Gasteiger partial charge on any atom is 0.261 e. The van der Waals surface area contributed by atoms with Gasteiger partial charge in [0.05, 0.1) is 21.9 Å². The van der Waals surface area contributed by atoms with E-state index in [0.29, 0.717) is 27.7 Å². The van der Waals surface area contributed by atoms with E-state index in [1.165, 1.54) is 22.5 Å². The van der Waals surface area contributed by atoms with Gasteiger partial charge < -0.3 is 20.2 Å². The maximum atomic E-state index is 13.2. The number of hydrogen-bond donors (Lipinski definition) is 2. The van der Waals surface area contributed by atoms with Crippen LogP contribution in [-0.2, 0) is 12.8 Å². The van der Waals surface area contributed by atoms with Gasteiger partial charge in [0, 0.05) is 31.2 Å². The fraction of sp³-hybridized carbons (Fsp3) is 0.455. The Balaban J connectivity index is 1.46. The average Bonchev–Trinajstić information content (AvgIpc) is 3.31. The summed E-state index contributed by atoms with van der Waals surface area (Å²) in [5.41, 5.74) is 3.17. The Labute approximate surface area is 185 Å². The van der Waals surface area contributed by atoms with Gasteiger partial charge in [0.15, 0.2) is 0 Å². The van der Waals surface area contributed by atoms with Crippen LogP contribution in [0.2, 0.25) is 4.34 Å². The van der Waals surface area contributed by atoms with E-state index in [1.807, 2.05) is 12.1 Å². The van der Waals surface area contributed by atoms with E-state index in [2.05, 4.69) is 23.3 Å². The number of fused-ring (bicyclic) bond motifs is 1. The molecule has 0 bridgehead atoms. The zero-order chi connectivity index (χ0) is 21.3. The molecule has 0 saturated carbocycles. The van der Waals surface area contributed by atoms with Gasteiger partial charge in [0.2, 0.25) is 0 Å². The third-order valence-electron chi connectivity index (χ3n) is 6.00. The number of thiophene rings is 1. The molecular formula is C22H26ClN3O3S. The number of aliphatic hydroxyl groups excluding tert-OH is 1. The number of nitrogens with one attached hydrogen (secondary N) is 1. The molecule has 1 aromatic carbocycles. The van der Waals surface area contributed by atoms with E-state index in [9.17, 15) is 14.7 Å². The molecule has 0 unspecified atom stereocenters. The highest BCUT2D eigenvalue weighted by Gasteiger charge is 2.36. The van der Waals surface area contributed by atoms with Crippen molar-refractivity contribution in [1.29, 1.82) is 0 Å². The minimum absolute atomic E-state index is 0.0923. The molecule has 1 fully saturated rings. The molecule has 8 heteroatoms. The summed E-state index contributed by atoms with van der Waals surface area (Å²) in [4.78, 5) is 30.2. The molecule has 1 saturated heterocycles. The Morgan fingerprint density at radius 1 is 1.20 bits per heavy atom. The van der Waals surface area contributed by atoms with E-state index in [1.54, 1.807) is 17.0 Å². The predicted octanol–water partition coefficient (Wildman–Crippen LogP) is 2.44. The summed E-state index contributed by atoms with van der Waals surface area (Å²) < 4.78 is 0.561. The van der Waals surface area contributed by atoms with Gasteiger partial charge in [0.25, 0.3) is 11.8 Å². The molecule has 0 radical (unpaired) electrons. The summed E-state index contributed by atoms with van der Waals surface area (Å²) in [5.74, 6) is -0.289. The SMILES string of the molecule is CN1CCc2ccc(C(=O)N3C[C@H](NC(=O)c4ccc(Cl)s4)C[C@H]3CO)cc2CC1. The zero-order valence-corrected chi connectivity index (χ0v) is 18.5. The van der Waals surface area contributed by atoms with Crippen molar-refractivity contribution in [2.75, 3.05) is 33.3 Å². The standard InChI is InChI=1S/C22H26ClN3O3S/c1-25-8-6-14-2-3-16(10-15(14)7-9-25)22(29)26-12-17(11-18(26)13-27)24-21(28)19-4-5-20(23)30-19/h2-5,10,17-18,27H,6-9,11-13H2,1H3,(H,24,28)/t17-,18+/m1/s1. The van der Waals surface area contributed by atoms with Crippen LogP contribution in [0.15, 0.2) is 30.3 Å². The monoisotopic (exact) mass is 447 g/mol. The minimum Gasteiger partial charge on any atom is -0.394 e. The number of aliphatic hydroxyl groups is 1. The quantitative estimate of drug-likeness (QED) is 0.755. The van der Waals surface area contributed by atoms with E-state index < -0.39 is 0 Å². The molecule has 2 N–H and O–H groups in total. The van der Waals surface area contributed by atoms with Crippen LogP contribution in [0.25, 0.3) is 0 Å². The lowest BCUT2D eigenvalue weighted by Gasteiger charge is -2.23. The van der Waals surface area contributed by atoms with Crippen molar-refractivity contribution >= 4 is 34.8 Å². The van der Waals surface area contributed by atoms with Crippen LogP contribution in [0.3, 0.4) is 0 Å². The van der Waals surface area contributed by atoms with Crippen LogP contribution in [0.1, 0.15) is 37.6 Å². The smallest absolute Gasteiger partial charge is 0.261 e. The number of hydrogen-bond acceptors (Lipinski definition) is 5. The highest BCUT2D eigenvalue weighted by Crippen LogP contribution is 2.25. The van der Waals surface area contributed by atoms with Crippen LogP contribution in [0, 0.1) is 0 Å². The number of likely N-dealkylation sites (tertiary alicyclic amines) is 1. The fourth-order valence-corrected chi connectivity index (χ4v) is 5.22. The molecule has 2 aromatic rings. The molecule has 30 heavy (non-hydrogen) atoms. The van der Waals surface area contributed by atoms with Crippen molar-refractivity contribution in [3.05, 3.63) is 56.2 Å². The van der Waals surface area contributed by atoms with Crippen molar-refractivity contribution in [2.24, 2.45) is 0 Å². The predicted molar refractivity (Wildman–Crippen MR) is 118 cm³/mol. The first-order chi connectivity index (χ1) is 14.4. The van der Waals surface area contributed by atoms with Crippen LogP contribution in [0.5, 0.6) is 0 Å². The lowest BCUT2D eigenvalue weighted by molar-refractivity contribution is 0.0674. The first-order valence-electron chi connectivity index (χ1n) is 10.2. The first kappa shape index (κ1) is 21.3. The number of rotatable bonds is 4. The van der Waals surface area contributed by atoms with Gasteiger partial charge >= 0.3 is 0 Å². The van der Waals surface area contributed by atoms with Crippen molar-refractivity contribution in [2.45, 2.75) is 31.3 Å². The lowest BCUT2D eigenvalue weighted by atomic mass is 9.99. The Kier molecular flexibility index (Phi) is 6.43. The van der Waals surface area contributed by atoms with Crippen molar-refractivity contribution < 1.29 is 14.7 Å². The molecule has 2 aliphatic rings. The summed E-state index contributed by atoms with van der Waals surface area (Å²) in [6.45, 7) is 2.26. The van der Waals surface area contributed by atoms with Gasteiger partial charge in [-0.15, -0.1) is 11.3 Å². The van der Waals surface area contributed by atoms with Crippen LogP contribution in [-0.4, -0.2) is 72.1 Å². The van der Waals surface area contributed by atoms with Crippen molar-refractivity contribution in [3.63, 3.8) is 0 Å². The second-order valence-corrected chi connectivity index (χ2v) is 9.81. The lowest BCUT2D eigenvalue weighted by Crippen LogP contribution is -2.40. The van der Waals surface area contributed by atoms with Crippen LogP contribution < -0.4 is 5.32 Å². The summed E-state index contributed by atoms with van der Waals surface area (Å²) in [6.07, 6.45) is 2.45. The highest BCUT2D eigenvalue weighted by atomic mass is 35.5. The Hall–Kier alpha value is -1.93. The maximum absolute atomic E-state index is 13.2.